The van der Waals surface area contributed by atoms with Crippen LogP contribution in [0.25, 0.3) is 0 Å². The second-order valence-electron chi connectivity index (χ2n) is 6.22. The molecule has 15 heavy (non-hydrogen) atoms. The van der Waals surface area contributed by atoms with E-state index >= 15 is 0 Å². The highest BCUT2D eigenvalue weighted by atomic mass is 16.2. The smallest absolute Gasteiger partial charge is 0.222 e. The van der Waals surface area contributed by atoms with E-state index in [2.05, 4.69) is 25.7 Å². The Morgan fingerprint density at radius 1 is 1.27 bits per heavy atom. The van der Waals surface area contributed by atoms with Crippen LogP contribution in [0.5, 0.6) is 0 Å². The Morgan fingerprint density at radius 2 is 2.00 bits per heavy atom. The van der Waals surface area contributed by atoms with E-state index in [0.717, 1.165) is 25.3 Å². The molecule has 0 aromatic rings. The molecule has 0 saturated carbocycles. The Hall–Kier alpha value is -0.530. The number of rotatable bonds is 0. The number of fused-ring (bicyclic) bond motifs is 1. The minimum Gasteiger partial charge on any atom is -0.340 e. The molecule has 0 aromatic heterocycles. The monoisotopic (exact) mass is 209 g/mol. The molecule has 0 spiro atoms. The van der Waals surface area contributed by atoms with Crippen molar-refractivity contribution >= 4 is 5.91 Å². The molecule has 2 nitrogen and oxygen atoms in total. The van der Waals surface area contributed by atoms with Crippen molar-refractivity contribution in [1.29, 1.82) is 0 Å². The first-order valence-corrected chi connectivity index (χ1v) is 6.28. The molecule has 2 fully saturated rings. The lowest BCUT2D eigenvalue weighted by Gasteiger charge is -2.32. The number of nitrogens with zero attached hydrogens (tertiary/aromatic N) is 1. The Labute approximate surface area is 93.0 Å². The maximum Gasteiger partial charge on any atom is 0.222 e. The molecule has 1 amide bonds. The summed E-state index contributed by atoms with van der Waals surface area (Å²) in [7, 11) is 0. The van der Waals surface area contributed by atoms with Gasteiger partial charge in [-0.15, -0.1) is 0 Å². The van der Waals surface area contributed by atoms with Gasteiger partial charge >= 0.3 is 0 Å². The third kappa shape index (κ3) is 2.19. The van der Waals surface area contributed by atoms with Gasteiger partial charge in [0.1, 0.15) is 0 Å². The fraction of sp³-hybridized carbons (Fsp3) is 0.923. The Balaban J connectivity index is 2.11. The van der Waals surface area contributed by atoms with Gasteiger partial charge in [0.25, 0.3) is 0 Å². The number of hydrogen-bond acceptors (Lipinski definition) is 1. The molecule has 0 N–H and O–H groups in total. The standard InChI is InChI=1S/C13H23NO/c1-13(2,3)10-6-7-12(15)14-8-4-5-11(14)9-10/h10-11H,4-9H2,1-3H3/t10-,11+/m0/s1. The largest absolute Gasteiger partial charge is 0.340 e. The molecule has 0 bridgehead atoms. The Morgan fingerprint density at radius 3 is 2.67 bits per heavy atom. The van der Waals surface area contributed by atoms with Crippen molar-refractivity contribution in [2.75, 3.05) is 6.54 Å². The second kappa shape index (κ2) is 3.80. The zero-order valence-electron chi connectivity index (χ0n) is 10.3. The van der Waals surface area contributed by atoms with Gasteiger partial charge in [-0.05, 0) is 37.0 Å². The van der Waals surface area contributed by atoms with Gasteiger partial charge in [-0.2, -0.15) is 0 Å². The van der Waals surface area contributed by atoms with E-state index in [1.165, 1.54) is 19.3 Å². The number of carbonyl (C=O) groups is 1. The molecule has 86 valence electrons. The summed E-state index contributed by atoms with van der Waals surface area (Å²) in [6.45, 7) is 7.95. The molecule has 2 saturated heterocycles. The molecule has 0 aromatic carbocycles. The molecule has 2 heterocycles. The van der Waals surface area contributed by atoms with E-state index in [1.54, 1.807) is 0 Å². The van der Waals surface area contributed by atoms with Crippen molar-refractivity contribution in [2.45, 2.75) is 58.9 Å². The van der Waals surface area contributed by atoms with Gasteiger partial charge in [0.2, 0.25) is 5.91 Å². The summed E-state index contributed by atoms with van der Waals surface area (Å²) in [5.41, 5.74) is 0.360. The van der Waals surface area contributed by atoms with Crippen LogP contribution in [-0.4, -0.2) is 23.4 Å². The van der Waals surface area contributed by atoms with Gasteiger partial charge in [0.15, 0.2) is 0 Å². The molecule has 2 heteroatoms. The van der Waals surface area contributed by atoms with Gasteiger partial charge in [-0.1, -0.05) is 20.8 Å². The Bertz CT molecular complexity index is 254. The lowest BCUT2D eigenvalue weighted by molar-refractivity contribution is -0.131. The molecule has 2 aliphatic rings. The highest BCUT2D eigenvalue weighted by molar-refractivity contribution is 5.77. The summed E-state index contributed by atoms with van der Waals surface area (Å²) in [5, 5.41) is 0. The maximum absolute atomic E-state index is 11.9. The van der Waals surface area contributed by atoms with Crippen molar-refractivity contribution in [1.82, 2.24) is 4.90 Å². The van der Waals surface area contributed by atoms with Gasteiger partial charge in [-0.3, -0.25) is 4.79 Å². The van der Waals surface area contributed by atoms with Crippen LogP contribution in [0.1, 0.15) is 52.9 Å². The van der Waals surface area contributed by atoms with E-state index < -0.39 is 0 Å². The fourth-order valence-electron chi connectivity index (χ4n) is 3.08. The van der Waals surface area contributed by atoms with Crippen LogP contribution in [0, 0.1) is 11.3 Å². The van der Waals surface area contributed by atoms with Crippen molar-refractivity contribution < 1.29 is 4.79 Å². The topological polar surface area (TPSA) is 20.3 Å². The van der Waals surface area contributed by atoms with Crippen LogP contribution >= 0.6 is 0 Å². The molecule has 2 rings (SSSR count). The number of carbonyl (C=O) groups excluding carboxylic acids is 1. The van der Waals surface area contributed by atoms with Crippen molar-refractivity contribution in [2.24, 2.45) is 11.3 Å². The lowest BCUT2D eigenvalue weighted by Crippen LogP contribution is -2.34. The van der Waals surface area contributed by atoms with Crippen LogP contribution in [0.2, 0.25) is 0 Å². The van der Waals surface area contributed by atoms with E-state index in [1.807, 2.05) is 0 Å². The van der Waals surface area contributed by atoms with E-state index in [9.17, 15) is 4.79 Å². The van der Waals surface area contributed by atoms with Crippen LogP contribution in [-0.2, 0) is 4.79 Å². The van der Waals surface area contributed by atoms with Crippen LogP contribution in [0.3, 0.4) is 0 Å². The molecule has 0 unspecified atom stereocenters. The lowest BCUT2D eigenvalue weighted by atomic mass is 9.75. The third-order valence-corrected chi connectivity index (χ3v) is 4.19. The number of hydrogen-bond donors (Lipinski definition) is 0. The van der Waals surface area contributed by atoms with Crippen LogP contribution in [0.15, 0.2) is 0 Å². The minimum absolute atomic E-state index is 0.360. The molecule has 0 radical (unpaired) electrons. The average Bonchev–Trinajstić information content (AvgIpc) is 2.52. The molecule has 2 aliphatic heterocycles. The van der Waals surface area contributed by atoms with Crippen molar-refractivity contribution in [3.05, 3.63) is 0 Å². The highest BCUT2D eigenvalue weighted by Crippen LogP contribution is 2.39. The summed E-state index contributed by atoms with van der Waals surface area (Å²) in [4.78, 5) is 14.0. The molecule has 2 atom stereocenters. The third-order valence-electron chi connectivity index (χ3n) is 4.19. The molecular formula is C13H23NO. The van der Waals surface area contributed by atoms with Gasteiger partial charge in [0, 0.05) is 19.0 Å². The fourth-order valence-corrected chi connectivity index (χ4v) is 3.08. The maximum atomic E-state index is 11.9. The summed E-state index contributed by atoms with van der Waals surface area (Å²) in [5.74, 6) is 1.12. The van der Waals surface area contributed by atoms with Gasteiger partial charge < -0.3 is 4.90 Å². The summed E-state index contributed by atoms with van der Waals surface area (Å²) >= 11 is 0. The van der Waals surface area contributed by atoms with E-state index in [-0.39, 0.29) is 0 Å². The first-order chi connectivity index (χ1) is 6.98. The van der Waals surface area contributed by atoms with E-state index in [4.69, 9.17) is 0 Å². The zero-order valence-corrected chi connectivity index (χ0v) is 10.3. The summed E-state index contributed by atoms with van der Waals surface area (Å²) < 4.78 is 0. The summed E-state index contributed by atoms with van der Waals surface area (Å²) in [6, 6.07) is 0.559. The SMILES string of the molecule is CC(C)(C)[C@H]1CCC(=O)N2CCC[C@@H]2C1. The predicted molar refractivity (Wildman–Crippen MR) is 61.5 cm³/mol. The minimum atomic E-state index is 0.360. The predicted octanol–water partition coefficient (Wildman–Crippen LogP) is 2.82. The van der Waals surface area contributed by atoms with Crippen LogP contribution < -0.4 is 0 Å². The Kier molecular flexibility index (Phi) is 2.78. The summed E-state index contributed by atoms with van der Waals surface area (Å²) in [6.07, 6.45) is 5.55. The van der Waals surface area contributed by atoms with E-state index in [0.29, 0.717) is 17.4 Å². The highest BCUT2D eigenvalue weighted by Gasteiger charge is 2.37. The average molecular weight is 209 g/mol. The first-order valence-electron chi connectivity index (χ1n) is 6.28. The second-order valence-corrected chi connectivity index (χ2v) is 6.22. The number of amides is 1. The first kappa shape index (κ1) is 11.0. The molecular weight excluding hydrogens is 186 g/mol. The van der Waals surface area contributed by atoms with Crippen molar-refractivity contribution in [3.63, 3.8) is 0 Å². The van der Waals surface area contributed by atoms with Crippen LogP contribution in [0.4, 0.5) is 0 Å². The zero-order chi connectivity index (χ0) is 11.1. The van der Waals surface area contributed by atoms with Gasteiger partial charge in [-0.25, -0.2) is 0 Å². The van der Waals surface area contributed by atoms with Crippen molar-refractivity contribution in [3.8, 4) is 0 Å². The normalized spacial score (nSPS) is 32.7. The quantitative estimate of drug-likeness (QED) is 0.601. The molecule has 0 aliphatic carbocycles. The van der Waals surface area contributed by atoms with Gasteiger partial charge in [0.05, 0.1) is 0 Å².